The highest BCUT2D eigenvalue weighted by Gasteiger charge is 2.28. The van der Waals surface area contributed by atoms with E-state index in [1.54, 1.807) is 4.90 Å². The van der Waals surface area contributed by atoms with Crippen LogP contribution < -0.4 is 0 Å². The summed E-state index contributed by atoms with van der Waals surface area (Å²) >= 11 is 1.49. The zero-order chi connectivity index (χ0) is 20.1. The molecular weight excluding hydrogens is 382 g/mol. The third kappa shape index (κ3) is 4.89. The van der Waals surface area contributed by atoms with E-state index in [9.17, 15) is 9.59 Å². The van der Waals surface area contributed by atoms with Gasteiger partial charge in [0.25, 0.3) is 0 Å². The first-order valence-electron chi connectivity index (χ1n) is 9.92. The van der Waals surface area contributed by atoms with Crippen LogP contribution in [0.2, 0.25) is 0 Å². The Kier molecular flexibility index (Phi) is 6.32. The Morgan fingerprint density at radius 1 is 0.897 bits per heavy atom. The van der Waals surface area contributed by atoms with Gasteiger partial charge < -0.3 is 9.80 Å². The first-order valence-corrected chi connectivity index (χ1v) is 11.0. The third-order valence-corrected chi connectivity index (χ3v) is 6.13. The summed E-state index contributed by atoms with van der Waals surface area (Å²) in [6.07, 6.45) is 0. The Bertz CT molecular complexity index is 878. The molecule has 0 N–H and O–H groups in total. The molecule has 2 amide bonds. The number of rotatable bonds is 5. The van der Waals surface area contributed by atoms with E-state index in [1.807, 2.05) is 46.7 Å². The smallest absolute Gasteiger partial charge is 0.242 e. The van der Waals surface area contributed by atoms with Crippen molar-refractivity contribution in [3.63, 3.8) is 0 Å². The summed E-state index contributed by atoms with van der Waals surface area (Å²) in [7, 11) is 0. The topological polar surface area (TPSA) is 43.9 Å². The Balaban J connectivity index is 1.36. The fourth-order valence-corrected chi connectivity index (χ4v) is 4.51. The van der Waals surface area contributed by atoms with Gasteiger partial charge in [0, 0.05) is 32.7 Å². The monoisotopic (exact) mass is 407 g/mol. The van der Waals surface area contributed by atoms with Crippen LogP contribution in [0.1, 0.15) is 11.1 Å². The molecular formula is C23H25N3O2S. The van der Waals surface area contributed by atoms with Gasteiger partial charge in [0.1, 0.15) is 6.54 Å². The number of nitrogens with zero attached hydrogens (tertiary/aromatic N) is 3. The van der Waals surface area contributed by atoms with Crippen molar-refractivity contribution >= 4 is 29.3 Å². The first-order chi connectivity index (χ1) is 14.2. The summed E-state index contributed by atoms with van der Waals surface area (Å²) in [5.41, 5.74) is 3.08. The van der Waals surface area contributed by atoms with Gasteiger partial charge >= 0.3 is 0 Å². The van der Waals surface area contributed by atoms with Crippen molar-refractivity contribution in [1.82, 2.24) is 14.7 Å². The van der Waals surface area contributed by atoms with Crippen molar-refractivity contribution in [2.75, 3.05) is 38.5 Å². The number of carbonyl (C=O) groups is 2. The number of benzene rings is 2. The fourth-order valence-electron chi connectivity index (χ4n) is 3.71. The van der Waals surface area contributed by atoms with E-state index in [0.29, 0.717) is 18.8 Å². The summed E-state index contributed by atoms with van der Waals surface area (Å²) in [5.74, 6) is 0.396. The van der Waals surface area contributed by atoms with Gasteiger partial charge in [0.05, 0.1) is 11.4 Å². The zero-order valence-corrected chi connectivity index (χ0v) is 17.2. The van der Waals surface area contributed by atoms with E-state index in [0.717, 1.165) is 30.9 Å². The molecule has 0 atom stereocenters. The van der Waals surface area contributed by atoms with Crippen molar-refractivity contribution in [2.24, 2.45) is 0 Å². The molecule has 0 radical (unpaired) electrons. The van der Waals surface area contributed by atoms with E-state index in [4.69, 9.17) is 0 Å². The lowest BCUT2D eigenvalue weighted by Crippen LogP contribution is -2.51. The van der Waals surface area contributed by atoms with Crippen molar-refractivity contribution in [1.29, 1.82) is 0 Å². The van der Waals surface area contributed by atoms with Crippen LogP contribution in [0, 0.1) is 0 Å². The highest BCUT2D eigenvalue weighted by atomic mass is 32.2. The summed E-state index contributed by atoms with van der Waals surface area (Å²) in [5, 5.41) is 1.99. The normalized spacial score (nSPS) is 17.9. The number of hydrogen-bond donors (Lipinski definition) is 0. The standard InChI is InChI=1S/C23H25N3O2S/c27-22(25-13-11-24(12-14-25)15-19-7-3-1-4-8-19)16-26-21(17-29-18-23(26)28)20-9-5-2-6-10-20/h1-10,17H,11-16,18H2. The SMILES string of the molecule is O=C(CN1C(=O)CSC=C1c1ccccc1)N1CCN(Cc2ccccc2)CC1. The van der Waals surface area contributed by atoms with Crippen LogP contribution in [0.15, 0.2) is 66.1 Å². The molecule has 2 aliphatic heterocycles. The molecule has 0 spiro atoms. The molecule has 2 aromatic rings. The molecule has 2 aliphatic rings. The van der Waals surface area contributed by atoms with Gasteiger partial charge in [-0.1, -0.05) is 60.7 Å². The molecule has 2 heterocycles. The Labute approximate surface area is 176 Å². The van der Waals surface area contributed by atoms with E-state index >= 15 is 0 Å². The van der Waals surface area contributed by atoms with Crippen molar-refractivity contribution in [3.8, 4) is 0 Å². The maximum atomic E-state index is 12.9. The van der Waals surface area contributed by atoms with E-state index in [1.165, 1.54) is 17.3 Å². The van der Waals surface area contributed by atoms with Crippen molar-refractivity contribution < 1.29 is 9.59 Å². The van der Waals surface area contributed by atoms with E-state index < -0.39 is 0 Å². The van der Waals surface area contributed by atoms with Crippen molar-refractivity contribution in [3.05, 3.63) is 77.2 Å². The summed E-state index contributed by atoms with van der Waals surface area (Å²) in [6, 6.07) is 20.2. The second-order valence-corrected chi connectivity index (χ2v) is 8.16. The zero-order valence-electron chi connectivity index (χ0n) is 16.4. The number of hydrogen-bond acceptors (Lipinski definition) is 4. The average Bonchev–Trinajstić information content (AvgIpc) is 2.77. The molecule has 0 aliphatic carbocycles. The Morgan fingerprint density at radius 3 is 2.24 bits per heavy atom. The minimum absolute atomic E-state index is 0.00702. The lowest BCUT2D eigenvalue weighted by molar-refractivity contribution is -0.138. The van der Waals surface area contributed by atoms with Gasteiger partial charge in [0.2, 0.25) is 11.8 Å². The van der Waals surface area contributed by atoms with Crippen LogP contribution in [0.3, 0.4) is 0 Å². The maximum absolute atomic E-state index is 12.9. The number of piperazine rings is 1. The molecule has 0 saturated carbocycles. The molecule has 0 unspecified atom stereocenters. The van der Waals surface area contributed by atoms with Gasteiger partial charge in [-0.2, -0.15) is 0 Å². The van der Waals surface area contributed by atoms with Gasteiger partial charge in [0.15, 0.2) is 0 Å². The van der Waals surface area contributed by atoms with Crippen LogP contribution in [-0.4, -0.2) is 65.0 Å². The second kappa shape index (κ2) is 9.29. The quantitative estimate of drug-likeness (QED) is 0.765. The second-order valence-electron chi connectivity index (χ2n) is 7.30. The molecule has 1 fully saturated rings. The number of carbonyl (C=O) groups excluding carboxylic acids is 2. The highest BCUT2D eigenvalue weighted by molar-refractivity contribution is 8.03. The number of thioether (sulfide) groups is 1. The lowest BCUT2D eigenvalue weighted by Gasteiger charge is -2.36. The largest absolute Gasteiger partial charge is 0.339 e. The summed E-state index contributed by atoms with van der Waals surface area (Å²) in [6.45, 7) is 4.13. The molecule has 4 rings (SSSR count). The lowest BCUT2D eigenvalue weighted by atomic mass is 10.1. The van der Waals surface area contributed by atoms with Crippen LogP contribution >= 0.6 is 11.8 Å². The molecule has 2 aromatic carbocycles. The molecule has 0 bridgehead atoms. The van der Waals surface area contributed by atoms with Crippen LogP contribution in [0.5, 0.6) is 0 Å². The molecule has 6 heteroatoms. The molecule has 150 valence electrons. The molecule has 29 heavy (non-hydrogen) atoms. The highest BCUT2D eigenvalue weighted by Crippen LogP contribution is 2.28. The first kappa shape index (κ1) is 19.7. The molecule has 0 aromatic heterocycles. The van der Waals surface area contributed by atoms with E-state index in [2.05, 4.69) is 29.2 Å². The summed E-state index contributed by atoms with van der Waals surface area (Å²) < 4.78 is 0. The van der Waals surface area contributed by atoms with Gasteiger partial charge in [-0.05, 0) is 16.5 Å². The minimum atomic E-state index is -0.00702. The average molecular weight is 408 g/mol. The summed E-state index contributed by atoms with van der Waals surface area (Å²) in [4.78, 5) is 31.4. The minimum Gasteiger partial charge on any atom is -0.339 e. The van der Waals surface area contributed by atoms with Gasteiger partial charge in [-0.3, -0.25) is 14.5 Å². The molecule has 1 saturated heterocycles. The Hall–Kier alpha value is -2.57. The predicted octanol–water partition coefficient (Wildman–Crippen LogP) is 2.90. The van der Waals surface area contributed by atoms with Crippen LogP contribution in [-0.2, 0) is 16.1 Å². The third-order valence-electron chi connectivity index (χ3n) is 5.33. The van der Waals surface area contributed by atoms with Gasteiger partial charge in [-0.25, -0.2) is 0 Å². The van der Waals surface area contributed by atoms with Crippen LogP contribution in [0.25, 0.3) is 5.70 Å². The number of amides is 2. The maximum Gasteiger partial charge on any atom is 0.242 e. The fraction of sp³-hybridized carbons (Fsp3) is 0.304. The van der Waals surface area contributed by atoms with E-state index in [-0.39, 0.29) is 18.4 Å². The Morgan fingerprint density at radius 2 is 1.55 bits per heavy atom. The van der Waals surface area contributed by atoms with Crippen LogP contribution in [0.4, 0.5) is 0 Å². The predicted molar refractivity (Wildman–Crippen MR) is 117 cm³/mol. The van der Waals surface area contributed by atoms with Crippen molar-refractivity contribution in [2.45, 2.75) is 6.54 Å². The molecule has 5 nitrogen and oxygen atoms in total. The van der Waals surface area contributed by atoms with Gasteiger partial charge in [-0.15, -0.1) is 11.8 Å².